The van der Waals surface area contributed by atoms with Crippen molar-refractivity contribution in [1.29, 1.82) is 0 Å². The first-order chi connectivity index (χ1) is 13.0. The van der Waals surface area contributed by atoms with Gasteiger partial charge in [-0.15, -0.1) is 0 Å². The summed E-state index contributed by atoms with van der Waals surface area (Å²) < 4.78 is 0. The Morgan fingerprint density at radius 1 is 1.11 bits per heavy atom. The number of nitrogens with one attached hydrogen (secondary N) is 3. The van der Waals surface area contributed by atoms with Gasteiger partial charge in [-0.05, 0) is 43.3 Å². The second kappa shape index (κ2) is 7.88. The number of urea groups is 1. The van der Waals surface area contributed by atoms with Crippen molar-refractivity contribution in [1.82, 2.24) is 15.3 Å². The van der Waals surface area contributed by atoms with Crippen molar-refractivity contribution in [2.45, 2.75) is 6.92 Å². The second-order valence-corrected chi connectivity index (χ2v) is 5.98. The number of hydrogen-bond donors (Lipinski definition) is 4. The monoisotopic (exact) mass is 385 g/mol. The number of carboxylic acids is 1. The van der Waals surface area contributed by atoms with Gasteiger partial charge in [0.2, 0.25) is 0 Å². The molecule has 0 aliphatic heterocycles. The van der Waals surface area contributed by atoms with Crippen LogP contribution in [0.1, 0.15) is 17.3 Å². The fraction of sp³-hybridized carbons (Fsp3) is 0.111. The molecular weight excluding hydrogens is 370 g/mol. The number of nitrogens with zero attached hydrogens (tertiary/aromatic N) is 2. The van der Waals surface area contributed by atoms with E-state index >= 15 is 0 Å². The number of amides is 2. The molecule has 3 aromatic rings. The number of anilines is 3. The molecule has 4 N–H and O–H groups in total. The van der Waals surface area contributed by atoms with Gasteiger partial charge in [0.1, 0.15) is 5.82 Å². The molecule has 2 amide bonds. The number of fused-ring (bicyclic) bond motifs is 1. The molecule has 2 heterocycles. The van der Waals surface area contributed by atoms with Crippen LogP contribution in [0.3, 0.4) is 0 Å². The molecule has 0 aliphatic rings. The second-order valence-electron chi connectivity index (χ2n) is 5.57. The molecule has 3 rings (SSSR count). The Kier molecular flexibility index (Phi) is 5.37. The van der Waals surface area contributed by atoms with Crippen molar-refractivity contribution < 1.29 is 14.7 Å². The van der Waals surface area contributed by atoms with Crippen LogP contribution in [0.2, 0.25) is 5.02 Å². The molecule has 0 spiro atoms. The summed E-state index contributed by atoms with van der Waals surface area (Å²) in [6.07, 6.45) is 1.62. The number of carboxylic acid groups (broad SMARTS) is 1. The number of carbonyl (C=O) groups excluding carboxylic acids is 1. The van der Waals surface area contributed by atoms with Crippen LogP contribution >= 0.6 is 11.6 Å². The topological polar surface area (TPSA) is 116 Å². The smallest absolute Gasteiger partial charge is 0.337 e. The van der Waals surface area contributed by atoms with Gasteiger partial charge in [0, 0.05) is 12.2 Å². The highest BCUT2D eigenvalue weighted by Gasteiger charge is 2.09. The molecule has 138 valence electrons. The zero-order valence-corrected chi connectivity index (χ0v) is 15.0. The first-order valence-corrected chi connectivity index (χ1v) is 8.45. The third kappa shape index (κ3) is 4.42. The summed E-state index contributed by atoms with van der Waals surface area (Å²) in [4.78, 5) is 31.3. The van der Waals surface area contributed by atoms with E-state index in [1.807, 2.05) is 6.92 Å². The maximum Gasteiger partial charge on any atom is 0.337 e. The van der Waals surface area contributed by atoms with Crippen LogP contribution in [0.5, 0.6) is 0 Å². The van der Waals surface area contributed by atoms with Crippen LogP contribution in [0, 0.1) is 0 Å². The van der Waals surface area contributed by atoms with E-state index in [1.165, 1.54) is 12.1 Å². The van der Waals surface area contributed by atoms with E-state index in [0.29, 0.717) is 34.8 Å². The Morgan fingerprint density at radius 2 is 1.93 bits per heavy atom. The lowest BCUT2D eigenvalue weighted by Crippen LogP contribution is -2.28. The molecule has 27 heavy (non-hydrogen) atoms. The fourth-order valence-corrected chi connectivity index (χ4v) is 2.66. The average Bonchev–Trinajstić information content (AvgIpc) is 2.61. The molecule has 8 nitrogen and oxygen atoms in total. The van der Waals surface area contributed by atoms with Gasteiger partial charge in [-0.3, -0.25) is 10.3 Å². The standard InChI is InChI=1S/C18H16ClN5O3/c1-2-20-18(27)24-16-6-5-14-15(23-16)8-11(9-21-14)22-10-3-4-12(17(25)26)13(19)7-10/h3-9,22H,2H2,1H3,(H,25,26)(H2,20,23,24,27). The summed E-state index contributed by atoms with van der Waals surface area (Å²) in [7, 11) is 0. The van der Waals surface area contributed by atoms with Crippen LogP contribution in [0.4, 0.5) is 22.0 Å². The predicted molar refractivity (Wildman–Crippen MR) is 104 cm³/mol. The molecule has 0 fully saturated rings. The molecule has 0 aliphatic carbocycles. The fourth-order valence-electron chi connectivity index (χ4n) is 2.40. The van der Waals surface area contributed by atoms with E-state index in [-0.39, 0.29) is 16.6 Å². The minimum Gasteiger partial charge on any atom is -0.478 e. The van der Waals surface area contributed by atoms with Crippen molar-refractivity contribution in [3.8, 4) is 0 Å². The van der Waals surface area contributed by atoms with E-state index in [4.69, 9.17) is 16.7 Å². The molecule has 0 bridgehead atoms. The lowest BCUT2D eigenvalue weighted by molar-refractivity contribution is 0.0697. The van der Waals surface area contributed by atoms with Gasteiger partial charge in [-0.1, -0.05) is 11.6 Å². The van der Waals surface area contributed by atoms with Crippen molar-refractivity contribution in [3.63, 3.8) is 0 Å². The molecule has 2 aromatic heterocycles. The Balaban J connectivity index is 1.84. The molecule has 0 radical (unpaired) electrons. The van der Waals surface area contributed by atoms with Crippen molar-refractivity contribution >= 4 is 51.8 Å². The number of aromatic carboxylic acids is 1. The van der Waals surface area contributed by atoms with Gasteiger partial charge >= 0.3 is 12.0 Å². The van der Waals surface area contributed by atoms with Gasteiger partial charge in [0.15, 0.2) is 0 Å². The van der Waals surface area contributed by atoms with Gasteiger partial charge in [0.25, 0.3) is 0 Å². The number of hydrogen-bond acceptors (Lipinski definition) is 5. The highest BCUT2D eigenvalue weighted by molar-refractivity contribution is 6.33. The Labute approximate surface area is 159 Å². The molecule has 9 heteroatoms. The Hall–Kier alpha value is -3.39. The van der Waals surface area contributed by atoms with Crippen LogP contribution < -0.4 is 16.0 Å². The van der Waals surface area contributed by atoms with E-state index in [2.05, 4.69) is 25.9 Å². The third-order valence-electron chi connectivity index (χ3n) is 3.60. The molecule has 0 saturated heterocycles. The minimum absolute atomic E-state index is 0.0293. The number of rotatable bonds is 5. The number of halogens is 1. The van der Waals surface area contributed by atoms with Crippen molar-refractivity contribution in [2.75, 3.05) is 17.2 Å². The van der Waals surface area contributed by atoms with Gasteiger partial charge in [-0.25, -0.2) is 14.6 Å². The zero-order chi connectivity index (χ0) is 19.4. The quantitative estimate of drug-likeness (QED) is 0.529. The van der Waals surface area contributed by atoms with Gasteiger partial charge in [0.05, 0.1) is 33.5 Å². The number of carbonyl (C=O) groups is 2. The van der Waals surface area contributed by atoms with E-state index in [0.717, 1.165) is 0 Å². The maximum absolute atomic E-state index is 11.6. The predicted octanol–water partition coefficient (Wildman–Crippen LogP) is 3.87. The van der Waals surface area contributed by atoms with E-state index in [9.17, 15) is 9.59 Å². The van der Waals surface area contributed by atoms with Gasteiger partial charge in [-0.2, -0.15) is 0 Å². The number of benzene rings is 1. The molecule has 1 aromatic carbocycles. The Bertz CT molecular complexity index is 1030. The lowest BCUT2D eigenvalue weighted by atomic mass is 10.2. The largest absolute Gasteiger partial charge is 0.478 e. The van der Waals surface area contributed by atoms with Crippen molar-refractivity contribution in [2.24, 2.45) is 0 Å². The van der Waals surface area contributed by atoms with Crippen molar-refractivity contribution in [3.05, 3.63) is 53.2 Å². The van der Waals surface area contributed by atoms with Crippen LogP contribution in [-0.4, -0.2) is 33.6 Å². The van der Waals surface area contributed by atoms with E-state index < -0.39 is 5.97 Å². The summed E-state index contributed by atoms with van der Waals surface area (Å²) in [5.74, 6) is -0.684. The van der Waals surface area contributed by atoms with E-state index in [1.54, 1.807) is 30.5 Å². The molecular formula is C18H16ClN5O3. The van der Waals surface area contributed by atoms with Crippen LogP contribution in [0.15, 0.2) is 42.6 Å². The maximum atomic E-state index is 11.6. The summed E-state index contributed by atoms with van der Waals surface area (Å²) in [6.45, 7) is 2.34. The highest BCUT2D eigenvalue weighted by Crippen LogP contribution is 2.25. The number of aromatic nitrogens is 2. The number of pyridine rings is 2. The lowest BCUT2D eigenvalue weighted by Gasteiger charge is -2.09. The van der Waals surface area contributed by atoms with Crippen LogP contribution in [-0.2, 0) is 0 Å². The Morgan fingerprint density at radius 3 is 2.63 bits per heavy atom. The van der Waals surface area contributed by atoms with Gasteiger partial charge < -0.3 is 15.7 Å². The SMILES string of the molecule is CCNC(=O)Nc1ccc2ncc(Nc3ccc(C(=O)O)c(Cl)c3)cc2n1. The van der Waals surface area contributed by atoms with Crippen LogP contribution in [0.25, 0.3) is 11.0 Å². The third-order valence-corrected chi connectivity index (χ3v) is 3.92. The summed E-state index contributed by atoms with van der Waals surface area (Å²) in [6, 6.07) is 9.42. The first kappa shape index (κ1) is 18.4. The summed E-state index contributed by atoms with van der Waals surface area (Å²) >= 11 is 5.99. The molecule has 0 saturated carbocycles. The normalized spacial score (nSPS) is 10.4. The summed E-state index contributed by atoms with van der Waals surface area (Å²) in [5, 5.41) is 17.5. The highest BCUT2D eigenvalue weighted by atomic mass is 35.5. The molecule has 0 atom stereocenters. The minimum atomic E-state index is -1.09. The first-order valence-electron chi connectivity index (χ1n) is 8.08. The molecule has 0 unspecified atom stereocenters. The zero-order valence-electron chi connectivity index (χ0n) is 14.3. The summed E-state index contributed by atoms with van der Waals surface area (Å²) in [5.41, 5.74) is 2.54. The average molecular weight is 386 g/mol.